The van der Waals surface area contributed by atoms with E-state index in [9.17, 15) is 9.90 Å². The molecule has 0 aliphatic carbocycles. The Morgan fingerprint density at radius 3 is 2.50 bits per heavy atom. The van der Waals surface area contributed by atoms with Crippen molar-refractivity contribution in [3.63, 3.8) is 0 Å². The van der Waals surface area contributed by atoms with Crippen molar-refractivity contribution >= 4 is 6.03 Å². The van der Waals surface area contributed by atoms with Gasteiger partial charge in [0.15, 0.2) is 6.23 Å². The molecule has 2 N–H and O–H groups in total. The van der Waals surface area contributed by atoms with Gasteiger partial charge >= 0.3 is 6.03 Å². The lowest BCUT2D eigenvalue weighted by Crippen LogP contribution is -2.40. The van der Waals surface area contributed by atoms with Gasteiger partial charge in [0.05, 0.1) is 0 Å². The molecule has 0 rings (SSSR count). The van der Waals surface area contributed by atoms with Gasteiger partial charge in [-0.1, -0.05) is 6.92 Å². The molecule has 1 radical (unpaired) electrons. The lowest BCUT2D eigenvalue weighted by atomic mass is 10.4. The monoisotopic (exact) mass is 145 g/mol. The molecule has 0 bridgehead atoms. The molecular weight excluding hydrogens is 132 g/mol. The van der Waals surface area contributed by atoms with Crippen molar-refractivity contribution in [2.75, 3.05) is 6.54 Å². The molecule has 2 amide bonds. The topological polar surface area (TPSA) is 61.0 Å². The lowest BCUT2D eigenvalue weighted by molar-refractivity contribution is 0.0644. The van der Waals surface area contributed by atoms with Gasteiger partial charge in [-0.3, -0.25) is 0 Å². The van der Waals surface area contributed by atoms with Crippen molar-refractivity contribution < 1.29 is 9.90 Å². The summed E-state index contributed by atoms with van der Waals surface area (Å²) >= 11 is 0. The number of hydrogen-bond donors (Lipinski definition) is 2. The first-order valence-corrected chi connectivity index (χ1v) is 3.40. The average Bonchev–Trinajstić information content (AvgIpc) is 1.88. The third-order valence-electron chi connectivity index (χ3n) is 1.00. The molecule has 0 aromatic rings. The molecule has 0 aliphatic rings. The smallest absolute Gasteiger partial charge is 0.316 e. The first kappa shape index (κ1) is 9.23. The average molecular weight is 145 g/mol. The Labute approximate surface area is 60.6 Å². The van der Waals surface area contributed by atoms with E-state index >= 15 is 0 Å². The highest BCUT2D eigenvalue weighted by Gasteiger charge is 2.04. The van der Waals surface area contributed by atoms with Crippen molar-refractivity contribution in [1.29, 1.82) is 0 Å². The minimum Gasteiger partial charge on any atom is -0.338 e. The Morgan fingerprint density at radius 2 is 2.10 bits per heavy atom. The molecule has 0 fully saturated rings. The number of nitrogens with one attached hydrogen (secondary N) is 2. The van der Waals surface area contributed by atoms with Gasteiger partial charge in [0.1, 0.15) is 0 Å². The van der Waals surface area contributed by atoms with Gasteiger partial charge in [-0.25, -0.2) is 9.90 Å². The maximum Gasteiger partial charge on any atom is 0.316 e. The Morgan fingerprint density at radius 1 is 1.50 bits per heavy atom. The Hall–Kier alpha value is -0.770. The van der Waals surface area contributed by atoms with Crippen LogP contribution in [0.15, 0.2) is 0 Å². The predicted molar refractivity (Wildman–Crippen MR) is 37.0 cm³/mol. The van der Waals surface area contributed by atoms with Crippen LogP contribution in [0.5, 0.6) is 0 Å². The van der Waals surface area contributed by atoms with Crippen molar-refractivity contribution in [1.82, 2.24) is 10.6 Å². The summed E-state index contributed by atoms with van der Waals surface area (Å²) in [6.45, 7) is 4.07. The fraction of sp³-hybridized carbons (Fsp3) is 0.833. The van der Waals surface area contributed by atoms with Gasteiger partial charge in [-0.15, -0.1) is 0 Å². The normalized spacial score (nSPS) is 12.3. The second-order valence-corrected chi connectivity index (χ2v) is 1.90. The second kappa shape index (κ2) is 5.05. The van der Waals surface area contributed by atoms with Crippen LogP contribution < -0.4 is 10.6 Å². The van der Waals surface area contributed by atoms with Gasteiger partial charge in [-0.2, -0.15) is 0 Å². The van der Waals surface area contributed by atoms with Crippen LogP contribution >= 0.6 is 0 Å². The van der Waals surface area contributed by atoms with Crippen LogP contribution in [0, 0.1) is 0 Å². The third-order valence-corrected chi connectivity index (χ3v) is 1.00. The molecule has 0 aromatic carbocycles. The first-order chi connectivity index (χ1) is 4.70. The minimum absolute atomic E-state index is 0.385. The maximum absolute atomic E-state index is 10.6. The van der Waals surface area contributed by atoms with Crippen LogP contribution in [-0.4, -0.2) is 18.8 Å². The molecule has 1 atom stereocenters. The summed E-state index contributed by atoms with van der Waals surface area (Å²) < 4.78 is 0. The number of amides is 2. The van der Waals surface area contributed by atoms with Crippen LogP contribution in [0.2, 0.25) is 0 Å². The van der Waals surface area contributed by atoms with Crippen molar-refractivity contribution in [2.24, 2.45) is 0 Å². The maximum atomic E-state index is 10.6. The molecule has 1 unspecified atom stereocenters. The number of urea groups is 1. The fourth-order valence-corrected chi connectivity index (χ4v) is 0.460. The summed E-state index contributed by atoms with van der Waals surface area (Å²) in [6, 6.07) is -0.385. The molecule has 0 aliphatic heterocycles. The molecular formula is C6H13N2O2. The predicted octanol–water partition coefficient (Wildman–Crippen LogP) is 0.472. The van der Waals surface area contributed by atoms with E-state index in [-0.39, 0.29) is 6.03 Å². The summed E-state index contributed by atoms with van der Waals surface area (Å²) in [7, 11) is 0. The van der Waals surface area contributed by atoms with Crippen LogP contribution in [0.3, 0.4) is 0 Å². The zero-order valence-electron chi connectivity index (χ0n) is 6.31. The Kier molecular flexibility index (Phi) is 4.66. The highest BCUT2D eigenvalue weighted by atomic mass is 16.3. The van der Waals surface area contributed by atoms with E-state index in [0.29, 0.717) is 13.0 Å². The molecule has 0 saturated carbocycles. The summed E-state index contributed by atoms with van der Waals surface area (Å²) in [6.07, 6.45) is -0.566. The van der Waals surface area contributed by atoms with Crippen LogP contribution in [-0.2, 0) is 5.11 Å². The van der Waals surface area contributed by atoms with Gasteiger partial charge in [-0.05, 0) is 13.3 Å². The zero-order chi connectivity index (χ0) is 7.98. The van der Waals surface area contributed by atoms with E-state index in [4.69, 9.17) is 0 Å². The zero-order valence-corrected chi connectivity index (χ0v) is 6.31. The van der Waals surface area contributed by atoms with E-state index in [1.54, 1.807) is 13.8 Å². The first-order valence-electron chi connectivity index (χ1n) is 3.40. The quantitative estimate of drug-likeness (QED) is 0.557. The van der Waals surface area contributed by atoms with Gasteiger partial charge < -0.3 is 10.6 Å². The largest absolute Gasteiger partial charge is 0.338 e. The third kappa shape index (κ3) is 4.14. The molecule has 0 heterocycles. The van der Waals surface area contributed by atoms with Crippen LogP contribution in [0.4, 0.5) is 4.79 Å². The summed E-state index contributed by atoms with van der Waals surface area (Å²) in [5.41, 5.74) is 0. The standard InChI is InChI=1S/C6H13N2O2/c1-3-5(9)8-6(10)7-4-2/h5H,3-4H2,1-2H3,(H2,7,8,10). The van der Waals surface area contributed by atoms with Crippen LogP contribution in [0.1, 0.15) is 20.3 Å². The molecule has 59 valence electrons. The number of carbonyl (C=O) groups excluding carboxylic acids is 1. The van der Waals surface area contributed by atoms with Gasteiger partial charge in [0.25, 0.3) is 0 Å². The van der Waals surface area contributed by atoms with Crippen molar-refractivity contribution in [2.45, 2.75) is 26.5 Å². The lowest BCUT2D eigenvalue weighted by Gasteiger charge is -2.07. The number of rotatable bonds is 3. The summed E-state index contributed by atoms with van der Waals surface area (Å²) in [4.78, 5) is 10.6. The summed E-state index contributed by atoms with van der Waals surface area (Å²) in [5.74, 6) is 0. The number of carbonyl (C=O) groups is 1. The van der Waals surface area contributed by atoms with E-state index < -0.39 is 6.23 Å². The minimum atomic E-state index is -0.980. The SMILES string of the molecule is CCNC(=O)NC([O])CC. The Bertz CT molecular complexity index is 106. The second-order valence-electron chi connectivity index (χ2n) is 1.90. The highest BCUT2D eigenvalue weighted by Crippen LogP contribution is 1.83. The van der Waals surface area contributed by atoms with E-state index in [1.807, 2.05) is 0 Å². The summed E-state index contributed by atoms with van der Waals surface area (Å²) in [5, 5.41) is 15.3. The molecule has 10 heavy (non-hydrogen) atoms. The Balaban J connectivity index is 3.37. The van der Waals surface area contributed by atoms with Crippen molar-refractivity contribution in [3.05, 3.63) is 0 Å². The van der Waals surface area contributed by atoms with Gasteiger partial charge in [0.2, 0.25) is 0 Å². The molecule has 0 spiro atoms. The molecule has 4 nitrogen and oxygen atoms in total. The van der Waals surface area contributed by atoms with E-state index in [1.165, 1.54) is 0 Å². The molecule has 4 heteroatoms. The number of hydrogen-bond acceptors (Lipinski definition) is 1. The highest BCUT2D eigenvalue weighted by molar-refractivity contribution is 5.73. The van der Waals surface area contributed by atoms with E-state index in [0.717, 1.165) is 0 Å². The van der Waals surface area contributed by atoms with Crippen LogP contribution in [0.25, 0.3) is 0 Å². The van der Waals surface area contributed by atoms with Gasteiger partial charge in [0, 0.05) is 6.54 Å². The molecule has 0 aromatic heterocycles. The fourth-order valence-electron chi connectivity index (χ4n) is 0.460. The van der Waals surface area contributed by atoms with Crippen molar-refractivity contribution in [3.8, 4) is 0 Å². The molecule has 0 saturated heterocycles. The van der Waals surface area contributed by atoms with E-state index in [2.05, 4.69) is 10.6 Å².